The molecule has 1 aromatic heterocycles. The van der Waals surface area contributed by atoms with Gasteiger partial charge < -0.3 is 19.8 Å². The van der Waals surface area contributed by atoms with Crippen molar-refractivity contribution in [2.45, 2.75) is 44.7 Å². The van der Waals surface area contributed by atoms with Crippen molar-refractivity contribution in [2.75, 3.05) is 25.3 Å². The molecule has 2 heterocycles. The molecule has 7 nitrogen and oxygen atoms in total. The molecule has 8 heteroatoms. The lowest BCUT2D eigenvalue weighted by atomic mass is 9.69. The first-order valence-corrected chi connectivity index (χ1v) is 11.3. The van der Waals surface area contributed by atoms with Crippen LogP contribution in [0.25, 0.3) is 0 Å². The van der Waals surface area contributed by atoms with E-state index in [0.717, 1.165) is 11.4 Å². The van der Waals surface area contributed by atoms with Crippen molar-refractivity contribution in [3.8, 4) is 11.5 Å². The van der Waals surface area contributed by atoms with Crippen molar-refractivity contribution in [2.24, 2.45) is 5.41 Å². The van der Waals surface area contributed by atoms with E-state index in [1.807, 2.05) is 13.0 Å². The highest BCUT2D eigenvalue weighted by atomic mass is 32.2. The standard InChI is InChI=1S/C23H27N3O4S/c1-6-31-22-25-20-19(21(28)26-22)17(13-9-12(29-4)7-8-16(13)30-5)18-14(24-20)10-23(2,3)11-15(18)27/h7-9,17H,6,10-11H2,1-5H3,(H2,24,25,26,28)/t17-/m0/s1. The normalized spacial score (nSPS) is 19.4. The van der Waals surface area contributed by atoms with E-state index >= 15 is 0 Å². The number of ether oxygens (including phenoxy) is 2. The van der Waals surface area contributed by atoms with Crippen LogP contribution in [0.15, 0.2) is 39.4 Å². The molecule has 2 aromatic rings. The van der Waals surface area contributed by atoms with Crippen LogP contribution in [-0.4, -0.2) is 35.7 Å². The van der Waals surface area contributed by atoms with Gasteiger partial charge in [0.05, 0.1) is 25.7 Å². The number of thioether (sulfide) groups is 1. The number of allylic oxidation sites excluding steroid dienone is 2. The second-order valence-electron chi connectivity index (χ2n) is 8.57. The van der Waals surface area contributed by atoms with E-state index in [1.165, 1.54) is 11.8 Å². The molecule has 4 rings (SSSR count). The predicted octanol–water partition coefficient (Wildman–Crippen LogP) is 4.10. The summed E-state index contributed by atoms with van der Waals surface area (Å²) in [7, 11) is 3.17. The summed E-state index contributed by atoms with van der Waals surface area (Å²) in [6.07, 6.45) is 1.11. The van der Waals surface area contributed by atoms with Gasteiger partial charge in [0.1, 0.15) is 17.3 Å². The van der Waals surface area contributed by atoms with Crippen LogP contribution in [0.5, 0.6) is 11.5 Å². The number of hydrogen-bond donors (Lipinski definition) is 2. The van der Waals surface area contributed by atoms with Gasteiger partial charge in [-0.1, -0.05) is 32.5 Å². The molecule has 0 spiro atoms. The van der Waals surface area contributed by atoms with Gasteiger partial charge in [0.15, 0.2) is 10.9 Å². The van der Waals surface area contributed by atoms with Crippen molar-refractivity contribution in [3.63, 3.8) is 0 Å². The zero-order chi connectivity index (χ0) is 22.3. The lowest BCUT2D eigenvalue weighted by molar-refractivity contribution is -0.118. The van der Waals surface area contributed by atoms with Crippen LogP contribution in [-0.2, 0) is 4.79 Å². The summed E-state index contributed by atoms with van der Waals surface area (Å²) in [4.78, 5) is 34.2. The summed E-state index contributed by atoms with van der Waals surface area (Å²) >= 11 is 1.47. The first kappa shape index (κ1) is 21.5. The van der Waals surface area contributed by atoms with E-state index in [1.54, 1.807) is 26.4 Å². The number of aromatic amines is 1. The second kappa shape index (κ2) is 8.07. The van der Waals surface area contributed by atoms with E-state index in [4.69, 9.17) is 9.47 Å². The number of Topliss-reactive ketones (excluding diaryl/α,β-unsaturated/α-hetero) is 1. The molecule has 2 aliphatic rings. The molecule has 2 N–H and O–H groups in total. The number of nitrogens with zero attached hydrogens (tertiary/aromatic N) is 1. The van der Waals surface area contributed by atoms with Gasteiger partial charge in [-0.05, 0) is 35.8 Å². The van der Waals surface area contributed by atoms with Gasteiger partial charge in [0.2, 0.25) is 0 Å². The molecule has 31 heavy (non-hydrogen) atoms. The highest BCUT2D eigenvalue weighted by molar-refractivity contribution is 7.99. The molecule has 164 valence electrons. The van der Waals surface area contributed by atoms with Gasteiger partial charge >= 0.3 is 0 Å². The molecule has 0 unspecified atom stereocenters. The number of hydrogen-bond acceptors (Lipinski definition) is 7. The highest BCUT2D eigenvalue weighted by Gasteiger charge is 2.43. The average Bonchev–Trinajstić information content (AvgIpc) is 2.71. The number of carbonyl (C=O) groups is 1. The number of carbonyl (C=O) groups excluding carboxylic acids is 1. The van der Waals surface area contributed by atoms with E-state index < -0.39 is 5.92 Å². The quantitative estimate of drug-likeness (QED) is 0.533. The maximum Gasteiger partial charge on any atom is 0.257 e. The number of rotatable bonds is 5. The van der Waals surface area contributed by atoms with Gasteiger partial charge in [-0.2, -0.15) is 0 Å². The Bertz CT molecular complexity index is 1140. The third-order valence-corrected chi connectivity index (χ3v) is 6.48. The molecule has 0 fully saturated rings. The van der Waals surface area contributed by atoms with Crippen molar-refractivity contribution >= 4 is 23.4 Å². The highest BCUT2D eigenvalue weighted by Crippen LogP contribution is 2.49. The molecular weight excluding hydrogens is 414 g/mol. The summed E-state index contributed by atoms with van der Waals surface area (Å²) in [6, 6.07) is 5.44. The smallest absolute Gasteiger partial charge is 0.257 e. The zero-order valence-electron chi connectivity index (χ0n) is 18.4. The Morgan fingerprint density at radius 2 is 1.97 bits per heavy atom. The minimum atomic E-state index is -0.586. The number of ketones is 1. The summed E-state index contributed by atoms with van der Waals surface area (Å²) in [5.74, 6) is 1.95. The molecule has 1 atom stereocenters. The molecule has 1 aromatic carbocycles. The number of nitrogens with one attached hydrogen (secondary N) is 2. The molecule has 1 aliphatic heterocycles. The molecule has 0 radical (unpaired) electrons. The Labute approximate surface area is 185 Å². The van der Waals surface area contributed by atoms with Crippen LogP contribution < -0.4 is 20.3 Å². The van der Waals surface area contributed by atoms with Crippen LogP contribution in [0.2, 0.25) is 0 Å². The van der Waals surface area contributed by atoms with Gasteiger partial charge in [0.25, 0.3) is 5.56 Å². The van der Waals surface area contributed by atoms with Gasteiger partial charge in [0, 0.05) is 23.3 Å². The molecule has 0 bridgehead atoms. The Hall–Kier alpha value is -2.74. The fourth-order valence-electron chi connectivity index (χ4n) is 4.47. The summed E-state index contributed by atoms with van der Waals surface area (Å²) in [5.41, 5.74) is 2.15. The first-order chi connectivity index (χ1) is 14.8. The van der Waals surface area contributed by atoms with Crippen LogP contribution in [0.3, 0.4) is 0 Å². The average molecular weight is 442 g/mol. The van der Waals surface area contributed by atoms with Crippen molar-refractivity contribution in [1.82, 2.24) is 9.97 Å². The van der Waals surface area contributed by atoms with Gasteiger partial charge in [-0.3, -0.25) is 9.59 Å². The molecular formula is C23H27N3O4S. The minimum absolute atomic E-state index is 0.0330. The van der Waals surface area contributed by atoms with Gasteiger partial charge in [-0.25, -0.2) is 4.98 Å². The fourth-order valence-corrected chi connectivity index (χ4v) is 5.07. The topological polar surface area (TPSA) is 93.3 Å². The SMILES string of the molecule is CCSc1nc2c(c(=O)[nH]1)[C@@H](c1cc(OC)ccc1OC)C1=C(CC(C)(C)CC1=O)N2. The van der Waals surface area contributed by atoms with Gasteiger partial charge in [-0.15, -0.1) is 0 Å². The van der Waals surface area contributed by atoms with Crippen molar-refractivity contribution in [1.29, 1.82) is 0 Å². The Morgan fingerprint density at radius 3 is 2.65 bits per heavy atom. The third kappa shape index (κ3) is 3.84. The number of aromatic nitrogens is 2. The van der Waals surface area contributed by atoms with E-state index in [2.05, 4.69) is 29.1 Å². The summed E-state index contributed by atoms with van der Waals surface area (Å²) < 4.78 is 11.1. The zero-order valence-corrected chi connectivity index (χ0v) is 19.2. The lowest BCUT2D eigenvalue weighted by Gasteiger charge is -2.38. The molecule has 0 saturated heterocycles. The largest absolute Gasteiger partial charge is 0.497 e. The fraction of sp³-hybridized carbons (Fsp3) is 0.435. The van der Waals surface area contributed by atoms with Crippen LogP contribution >= 0.6 is 11.8 Å². The predicted molar refractivity (Wildman–Crippen MR) is 121 cm³/mol. The minimum Gasteiger partial charge on any atom is -0.497 e. The third-order valence-electron chi connectivity index (χ3n) is 5.73. The Kier molecular flexibility index (Phi) is 5.60. The first-order valence-electron chi connectivity index (χ1n) is 10.3. The van der Waals surface area contributed by atoms with E-state index in [-0.39, 0.29) is 16.8 Å². The second-order valence-corrected chi connectivity index (χ2v) is 9.82. The summed E-state index contributed by atoms with van der Waals surface area (Å²) in [6.45, 7) is 6.16. The maximum absolute atomic E-state index is 13.4. The maximum atomic E-state index is 13.4. The lowest BCUT2D eigenvalue weighted by Crippen LogP contribution is -2.37. The molecule has 0 amide bonds. The number of benzene rings is 1. The van der Waals surface area contributed by atoms with Crippen LogP contribution in [0, 0.1) is 5.41 Å². The van der Waals surface area contributed by atoms with Crippen molar-refractivity contribution < 1.29 is 14.3 Å². The van der Waals surface area contributed by atoms with Crippen molar-refractivity contribution in [3.05, 3.63) is 50.9 Å². The number of methoxy groups -OCH3 is 2. The number of H-pyrrole nitrogens is 1. The monoisotopic (exact) mass is 441 g/mol. The summed E-state index contributed by atoms with van der Waals surface area (Å²) in [5, 5.41) is 3.89. The Morgan fingerprint density at radius 1 is 1.19 bits per heavy atom. The number of anilines is 1. The Balaban J connectivity index is 2.01. The molecule has 1 aliphatic carbocycles. The van der Waals surface area contributed by atoms with E-state index in [0.29, 0.717) is 52.0 Å². The van der Waals surface area contributed by atoms with Crippen LogP contribution in [0.1, 0.15) is 50.7 Å². The van der Waals surface area contributed by atoms with E-state index in [9.17, 15) is 9.59 Å². The molecule has 0 saturated carbocycles. The number of fused-ring (bicyclic) bond motifs is 1. The van der Waals surface area contributed by atoms with Crippen LogP contribution in [0.4, 0.5) is 5.82 Å².